The highest BCUT2D eigenvalue weighted by atomic mass is 16.1. The third-order valence-corrected chi connectivity index (χ3v) is 5.15. The van der Waals surface area contributed by atoms with E-state index in [1.165, 1.54) is 12.8 Å². The molecule has 0 saturated heterocycles. The quantitative estimate of drug-likeness (QED) is 0.906. The van der Waals surface area contributed by atoms with Crippen molar-refractivity contribution in [3.63, 3.8) is 0 Å². The van der Waals surface area contributed by atoms with Gasteiger partial charge in [0.1, 0.15) is 0 Å². The van der Waals surface area contributed by atoms with Crippen molar-refractivity contribution in [1.82, 2.24) is 15.0 Å². The second-order valence-electron chi connectivity index (χ2n) is 7.66. The van der Waals surface area contributed by atoms with Crippen LogP contribution in [0.25, 0.3) is 11.4 Å². The van der Waals surface area contributed by atoms with E-state index in [4.69, 9.17) is 0 Å². The van der Waals surface area contributed by atoms with Crippen molar-refractivity contribution in [2.45, 2.75) is 52.4 Å². The SMILES string of the molecule is CC(C)(C)C1CCC(c2cc(-c3ncccn3)c[nH]c2=O)CC1. The predicted molar refractivity (Wildman–Crippen MR) is 92.2 cm³/mol. The summed E-state index contributed by atoms with van der Waals surface area (Å²) in [5.41, 5.74) is 2.17. The standard InChI is InChI=1S/C19H25N3O/c1-19(2,3)15-7-5-13(6-8-15)16-11-14(12-22-18(16)23)17-20-9-4-10-21-17/h4,9-13,15H,5-8H2,1-3H3,(H,22,23). The third-order valence-electron chi connectivity index (χ3n) is 5.15. The summed E-state index contributed by atoms with van der Waals surface area (Å²) in [6, 6.07) is 3.78. The molecule has 2 aromatic rings. The van der Waals surface area contributed by atoms with E-state index >= 15 is 0 Å². The van der Waals surface area contributed by atoms with Crippen LogP contribution < -0.4 is 5.56 Å². The molecule has 1 aliphatic rings. The lowest BCUT2D eigenvalue weighted by molar-refractivity contribution is 0.169. The summed E-state index contributed by atoms with van der Waals surface area (Å²) in [5, 5.41) is 0. The van der Waals surface area contributed by atoms with Crippen LogP contribution in [0.15, 0.2) is 35.5 Å². The van der Waals surface area contributed by atoms with Gasteiger partial charge in [0.2, 0.25) is 0 Å². The Kier molecular flexibility index (Phi) is 4.33. The van der Waals surface area contributed by atoms with Gasteiger partial charge in [-0.2, -0.15) is 0 Å². The van der Waals surface area contributed by atoms with E-state index in [2.05, 4.69) is 35.7 Å². The number of rotatable bonds is 2. The van der Waals surface area contributed by atoms with Crippen molar-refractivity contribution in [1.29, 1.82) is 0 Å². The van der Waals surface area contributed by atoms with Gasteiger partial charge in [0, 0.05) is 29.7 Å². The first-order valence-electron chi connectivity index (χ1n) is 8.45. The topological polar surface area (TPSA) is 58.6 Å². The summed E-state index contributed by atoms with van der Waals surface area (Å²) in [7, 11) is 0. The number of hydrogen-bond donors (Lipinski definition) is 1. The first kappa shape index (κ1) is 15.9. The fraction of sp³-hybridized carbons (Fsp3) is 0.526. The molecule has 2 aromatic heterocycles. The van der Waals surface area contributed by atoms with Crippen molar-refractivity contribution in [2.24, 2.45) is 11.3 Å². The average molecular weight is 311 g/mol. The van der Waals surface area contributed by atoms with E-state index in [9.17, 15) is 4.79 Å². The molecule has 0 aromatic carbocycles. The number of aromatic nitrogens is 3. The third kappa shape index (κ3) is 3.52. The summed E-state index contributed by atoms with van der Waals surface area (Å²) < 4.78 is 0. The van der Waals surface area contributed by atoms with Crippen molar-refractivity contribution >= 4 is 0 Å². The molecule has 2 heterocycles. The van der Waals surface area contributed by atoms with Gasteiger partial charge in [0.25, 0.3) is 5.56 Å². The molecule has 0 atom stereocenters. The van der Waals surface area contributed by atoms with E-state index in [-0.39, 0.29) is 5.56 Å². The lowest BCUT2D eigenvalue weighted by atomic mass is 9.69. The highest BCUT2D eigenvalue weighted by Crippen LogP contribution is 2.42. The number of hydrogen-bond acceptors (Lipinski definition) is 3. The first-order chi connectivity index (χ1) is 10.9. The van der Waals surface area contributed by atoms with Crippen LogP contribution in [0.3, 0.4) is 0 Å². The maximum absolute atomic E-state index is 12.3. The molecule has 0 spiro atoms. The van der Waals surface area contributed by atoms with E-state index in [0.717, 1.165) is 29.9 Å². The maximum Gasteiger partial charge on any atom is 0.251 e. The summed E-state index contributed by atoms with van der Waals surface area (Å²) in [5.74, 6) is 1.76. The van der Waals surface area contributed by atoms with Gasteiger partial charge in [-0.3, -0.25) is 4.79 Å². The molecule has 3 rings (SSSR count). The highest BCUT2D eigenvalue weighted by molar-refractivity contribution is 5.54. The number of pyridine rings is 1. The molecule has 0 bridgehead atoms. The molecule has 1 saturated carbocycles. The Hall–Kier alpha value is -1.97. The van der Waals surface area contributed by atoms with Gasteiger partial charge in [-0.1, -0.05) is 20.8 Å². The number of nitrogens with one attached hydrogen (secondary N) is 1. The second-order valence-corrected chi connectivity index (χ2v) is 7.66. The summed E-state index contributed by atoms with van der Waals surface area (Å²) in [4.78, 5) is 23.7. The smallest absolute Gasteiger partial charge is 0.251 e. The Balaban J connectivity index is 1.83. The lowest BCUT2D eigenvalue weighted by Gasteiger charge is -2.36. The molecule has 1 fully saturated rings. The normalized spacial score (nSPS) is 22.0. The summed E-state index contributed by atoms with van der Waals surface area (Å²) >= 11 is 0. The minimum atomic E-state index is 0.0314. The van der Waals surface area contributed by atoms with Gasteiger partial charge in [0.05, 0.1) is 0 Å². The molecule has 0 unspecified atom stereocenters. The predicted octanol–water partition coefficient (Wildman–Crippen LogP) is 4.15. The van der Waals surface area contributed by atoms with Crippen LogP contribution in [0.2, 0.25) is 0 Å². The van der Waals surface area contributed by atoms with Gasteiger partial charge in [-0.15, -0.1) is 0 Å². The number of nitrogens with zero attached hydrogens (tertiary/aromatic N) is 2. The molecule has 23 heavy (non-hydrogen) atoms. The van der Waals surface area contributed by atoms with Gasteiger partial charge in [0.15, 0.2) is 5.82 Å². The molecule has 4 nitrogen and oxygen atoms in total. The van der Waals surface area contributed by atoms with Crippen molar-refractivity contribution in [3.8, 4) is 11.4 Å². The van der Waals surface area contributed by atoms with Gasteiger partial charge < -0.3 is 4.98 Å². The monoisotopic (exact) mass is 311 g/mol. The number of aromatic amines is 1. The van der Waals surface area contributed by atoms with Crippen molar-refractivity contribution in [2.75, 3.05) is 0 Å². The zero-order chi connectivity index (χ0) is 16.4. The Labute approximate surface area is 137 Å². The Morgan fingerprint density at radius 2 is 1.74 bits per heavy atom. The molecular formula is C19H25N3O. The van der Waals surface area contributed by atoms with E-state index in [1.807, 2.05) is 6.07 Å². The minimum absolute atomic E-state index is 0.0314. The van der Waals surface area contributed by atoms with Gasteiger partial charge >= 0.3 is 0 Å². The van der Waals surface area contributed by atoms with Gasteiger partial charge in [-0.05, 0) is 55.1 Å². The summed E-state index contributed by atoms with van der Waals surface area (Å²) in [6.07, 6.45) is 9.72. The van der Waals surface area contributed by atoms with Crippen molar-refractivity contribution in [3.05, 3.63) is 46.6 Å². The molecule has 4 heteroatoms. The summed E-state index contributed by atoms with van der Waals surface area (Å²) in [6.45, 7) is 6.95. The molecule has 0 aliphatic heterocycles. The largest absolute Gasteiger partial charge is 0.328 e. The van der Waals surface area contributed by atoms with Crippen LogP contribution in [0.1, 0.15) is 57.9 Å². The zero-order valence-corrected chi connectivity index (χ0v) is 14.2. The number of H-pyrrole nitrogens is 1. The van der Waals surface area contributed by atoms with E-state index in [1.54, 1.807) is 24.7 Å². The van der Waals surface area contributed by atoms with Crippen LogP contribution >= 0.6 is 0 Å². The maximum atomic E-state index is 12.3. The van der Waals surface area contributed by atoms with Crippen molar-refractivity contribution < 1.29 is 0 Å². The molecule has 122 valence electrons. The average Bonchev–Trinajstić information content (AvgIpc) is 2.55. The second kappa shape index (κ2) is 6.26. The van der Waals surface area contributed by atoms with E-state index in [0.29, 0.717) is 17.2 Å². The molecule has 0 radical (unpaired) electrons. The van der Waals surface area contributed by atoms with Crippen LogP contribution in [0, 0.1) is 11.3 Å². The lowest BCUT2D eigenvalue weighted by Crippen LogP contribution is -2.27. The van der Waals surface area contributed by atoms with Crippen LogP contribution in [0.4, 0.5) is 0 Å². The van der Waals surface area contributed by atoms with Crippen LogP contribution in [-0.4, -0.2) is 15.0 Å². The Bertz CT molecular complexity index is 707. The Morgan fingerprint density at radius 3 is 2.35 bits per heavy atom. The minimum Gasteiger partial charge on any atom is -0.328 e. The highest BCUT2D eigenvalue weighted by Gasteiger charge is 2.31. The Morgan fingerprint density at radius 1 is 1.09 bits per heavy atom. The first-order valence-corrected chi connectivity index (χ1v) is 8.45. The molecule has 1 N–H and O–H groups in total. The zero-order valence-electron chi connectivity index (χ0n) is 14.2. The fourth-order valence-electron chi connectivity index (χ4n) is 3.65. The molecule has 1 aliphatic carbocycles. The fourth-order valence-corrected chi connectivity index (χ4v) is 3.65. The van der Waals surface area contributed by atoms with E-state index < -0.39 is 0 Å². The van der Waals surface area contributed by atoms with Crippen LogP contribution in [-0.2, 0) is 0 Å². The van der Waals surface area contributed by atoms with Crippen LogP contribution in [0.5, 0.6) is 0 Å². The van der Waals surface area contributed by atoms with Gasteiger partial charge in [-0.25, -0.2) is 9.97 Å². The molecule has 0 amide bonds. The molecular weight excluding hydrogens is 286 g/mol.